The zero-order valence-electron chi connectivity index (χ0n) is 15.4. The second kappa shape index (κ2) is 8.47. The third-order valence-corrected chi connectivity index (χ3v) is 5.70. The fraction of sp³-hybridized carbons (Fsp3) is 0.400. The van der Waals surface area contributed by atoms with Gasteiger partial charge < -0.3 is 9.80 Å². The van der Waals surface area contributed by atoms with Crippen LogP contribution in [0.5, 0.6) is 0 Å². The zero-order chi connectivity index (χ0) is 18.5. The predicted molar refractivity (Wildman–Crippen MR) is 104 cm³/mol. The molecule has 2 aromatic rings. The number of aryl methyl sites for hydroxylation is 1. The van der Waals surface area contributed by atoms with Gasteiger partial charge in [0.15, 0.2) is 0 Å². The number of carbonyl (C=O) groups is 2. The molecule has 2 heterocycles. The summed E-state index contributed by atoms with van der Waals surface area (Å²) in [5.41, 5.74) is 2.38. The fourth-order valence-electron chi connectivity index (χ4n) is 3.11. The third-order valence-electron chi connectivity index (χ3n) is 4.84. The molecule has 26 heavy (non-hydrogen) atoms. The molecule has 1 aliphatic rings. The maximum absolute atomic E-state index is 12.5. The molecule has 1 aromatic carbocycles. The Kier molecular flexibility index (Phi) is 6.06. The first-order valence-electron chi connectivity index (χ1n) is 8.88. The maximum Gasteiger partial charge on any atom is 0.264 e. The SMILES string of the molecule is Cc1ccccc1CN(C)C(=O)CN1CCN(C(=O)c2cccs2)CC1. The van der Waals surface area contributed by atoms with Gasteiger partial charge >= 0.3 is 0 Å². The van der Waals surface area contributed by atoms with E-state index >= 15 is 0 Å². The number of hydrogen-bond acceptors (Lipinski definition) is 4. The average molecular weight is 372 g/mol. The van der Waals surface area contributed by atoms with E-state index in [-0.39, 0.29) is 11.8 Å². The molecular formula is C20H25N3O2S. The molecular weight excluding hydrogens is 346 g/mol. The number of piperazine rings is 1. The van der Waals surface area contributed by atoms with E-state index in [4.69, 9.17) is 0 Å². The van der Waals surface area contributed by atoms with Gasteiger partial charge in [-0.05, 0) is 29.5 Å². The number of benzene rings is 1. The highest BCUT2D eigenvalue weighted by Crippen LogP contribution is 2.14. The number of thiophene rings is 1. The highest BCUT2D eigenvalue weighted by Gasteiger charge is 2.24. The van der Waals surface area contributed by atoms with Crippen LogP contribution >= 0.6 is 11.3 Å². The molecule has 0 aliphatic carbocycles. The second-order valence-electron chi connectivity index (χ2n) is 6.72. The number of rotatable bonds is 5. The Morgan fingerprint density at radius 1 is 1.08 bits per heavy atom. The van der Waals surface area contributed by atoms with E-state index in [0.717, 1.165) is 18.0 Å². The molecule has 6 heteroatoms. The Bertz CT molecular complexity index is 752. The van der Waals surface area contributed by atoms with Crippen molar-refractivity contribution in [3.63, 3.8) is 0 Å². The average Bonchev–Trinajstić information content (AvgIpc) is 3.18. The molecule has 2 amide bonds. The summed E-state index contributed by atoms with van der Waals surface area (Å²) in [6.07, 6.45) is 0. The van der Waals surface area contributed by atoms with Crippen molar-refractivity contribution >= 4 is 23.2 Å². The standard InChI is InChI=1S/C20H25N3O2S/c1-16-6-3-4-7-17(16)14-21(2)19(24)15-22-9-11-23(12-10-22)20(25)18-8-5-13-26-18/h3-8,13H,9-12,14-15H2,1-2H3. The number of nitrogens with zero attached hydrogens (tertiary/aromatic N) is 3. The molecule has 0 N–H and O–H groups in total. The van der Waals surface area contributed by atoms with Gasteiger partial charge in [-0.3, -0.25) is 14.5 Å². The van der Waals surface area contributed by atoms with Crippen molar-refractivity contribution in [1.82, 2.24) is 14.7 Å². The van der Waals surface area contributed by atoms with Crippen molar-refractivity contribution in [2.75, 3.05) is 39.8 Å². The fourth-order valence-corrected chi connectivity index (χ4v) is 3.80. The quantitative estimate of drug-likeness (QED) is 0.811. The van der Waals surface area contributed by atoms with Crippen LogP contribution in [0, 0.1) is 6.92 Å². The van der Waals surface area contributed by atoms with Crippen LogP contribution in [-0.2, 0) is 11.3 Å². The largest absolute Gasteiger partial charge is 0.340 e. The van der Waals surface area contributed by atoms with E-state index in [1.807, 2.05) is 41.6 Å². The summed E-state index contributed by atoms with van der Waals surface area (Å²) in [5.74, 6) is 0.217. The Morgan fingerprint density at radius 3 is 2.46 bits per heavy atom. The van der Waals surface area contributed by atoms with Gasteiger partial charge in [0.25, 0.3) is 5.91 Å². The van der Waals surface area contributed by atoms with Crippen molar-refractivity contribution in [2.24, 2.45) is 0 Å². The van der Waals surface area contributed by atoms with Crippen LogP contribution in [0.15, 0.2) is 41.8 Å². The first-order chi connectivity index (χ1) is 12.5. The molecule has 1 aromatic heterocycles. The van der Waals surface area contributed by atoms with Crippen molar-refractivity contribution in [3.05, 3.63) is 57.8 Å². The van der Waals surface area contributed by atoms with E-state index in [2.05, 4.69) is 24.0 Å². The van der Waals surface area contributed by atoms with Crippen LogP contribution in [0.2, 0.25) is 0 Å². The van der Waals surface area contributed by atoms with Crippen molar-refractivity contribution in [3.8, 4) is 0 Å². The summed E-state index contributed by atoms with van der Waals surface area (Å²) in [4.78, 5) is 31.5. The summed E-state index contributed by atoms with van der Waals surface area (Å²) < 4.78 is 0. The van der Waals surface area contributed by atoms with Crippen LogP contribution in [-0.4, -0.2) is 66.3 Å². The minimum Gasteiger partial charge on any atom is -0.340 e. The topological polar surface area (TPSA) is 43.9 Å². The van der Waals surface area contributed by atoms with E-state index in [1.165, 1.54) is 22.5 Å². The lowest BCUT2D eigenvalue weighted by Crippen LogP contribution is -2.51. The molecule has 3 rings (SSSR count). The van der Waals surface area contributed by atoms with Crippen molar-refractivity contribution in [1.29, 1.82) is 0 Å². The Hall–Kier alpha value is -2.18. The van der Waals surface area contributed by atoms with Gasteiger partial charge in [-0.25, -0.2) is 0 Å². The van der Waals surface area contributed by atoms with E-state index < -0.39 is 0 Å². The van der Waals surface area contributed by atoms with Gasteiger partial charge in [0.05, 0.1) is 11.4 Å². The van der Waals surface area contributed by atoms with E-state index in [0.29, 0.717) is 26.2 Å². The first kappa shape index (κ1) is 18.6. The zero-order valence-corrected chi connectivity index (χ0v) is 16.2. The summed E-state index contributed by atoms with van der Waals surface area (Å²) in [6.45, 7) is 5.92. The van der Waals surface area contributed by atoms with Crippen LogP contribution in [0.25, 0.3) is 0 Å². The lowest BCUT2D eigenvalue weighted by Gasteiger charge is -2.34. The predicted octanol–water partition coefficient (Wildman–Crippen LogP) is 2.47. The molecule has 0 atom stereocenters. The summed E-state index contributed by atoms with van der Waals surface area (Å²) in [6, 6.07) is 11.9. The molecule has 0 spiro atoms. The molecule has 0 radical (unpaired) electrons. The smallest absolute Gasteiger partial charge is 0.264 e. The molecule has 1 aliphatic heterocycles. The van der Waals surface area contributed by atoms with Gasteiger partial charge in [-0.15, -0.1) is 11.3 Å². The van der Waals surface area contributed by atoms with E-state index in [1.54, 1.807) is 4.90 Å². The van der Waals surface area contributed by atoms with Crippen LogP contribution < -0.4 is 0 Å². The van der Waals surface area contributed by atoms with Crippen molar-refractivity contribution < 1.29 is 9.59 Å². The molecule has 0 saturated carbocycles. The Morgan fingerprint density at radius 2 is 1.81 bits per heavy atom. The lowest BCUT2D eigenvalue weighted by molar-refractivity contribution is -0.132. The van der Waals surface area contributed by atoms with Gasteiger partial charge in [0.1, 0.15) is 0 Å². The van der Waals surface area contributed by atoms with Gasteiger partial charge in [0.2, 0.25) is 5.91 Å². The summed E-state index contributed by atoms with van der Waals surface area (Å²) in [7, 11) is 1.85. The summed E-state index contributed by atoms with van der Waals surface area (Å²) in [5, 5.41) is 1.92. The minimum atomic E-state index is 0.0997. The molecule has 0 bridgehead atoms. The lowest BCUT2D eigenvalue weighted by atomic mass is 10.1. The van der Waals surface area contributed by atoms with Gasteiger partial charge in [-0.2, -0.15) is 0 Å². The highest BCUT2D eigenvalue weighted by atomic mass is 32.1. The molecule has 1 fully saturated rings. The van der Waals surface area contributed by atoms with E-state index in [9.17, 15) is 9.59 Å². The third kappa shape index (κ3) is 4.51. The van der Waals surface area contributed by atoms with Gasteiger partial charge in [-0.1, -0.05) is 30.3 Å². The monoisotopic (exact) mass is 371 g/mol. The molecule has 1 saturated heterocycles. The summed E-state index contributed by atoms with van der Waals surface area (Å²) >= 11 is 1.48. The molecule has 5 nitrogen and oxygen atoms in total. The van der Waals surface area contributed by atoms with Crippen molar-refractivity contribution in [2.45, 2.75) is 13.5 Å². The molecule has 0 unspecified atom stereocenters. The van der Waals surface area contributed by atoms with Crippen LogP contribution in [0.3, 0.4) is 0 Å². The number of carbonyl (C=O) groups excluding carboxylic acids is 2. The Labute approximate surface area is 158 Å². The normalized spacial score (nSPS) is 15.1. The number of likely N-dealkylation sites (N-methyl/N-ethyl adjacent to an activating group) is 1. The Balaban J connectivity index is 1.47. The highest BCUT2D eigenvalue weighted by molar-refractivity contribution is 7.12. The molecule has 138 valence electrons. The maximum atomic E-state index is 12.5. The second-order valence-corrected chi connectivity index (χ2v) is 7.67. The van der Waals surface area contributed by atoms with Crippen LogP contribution in [0.1, 0.15) is 20.8 Å². The van der Waals surface area contributed by atoms with Crippen LogP contribution in [0.4, 0.5) is 0 Å². The number of amides is 2. The minimum absolute atomic E-state index is 0.0997. The first-order valence-corrected chi connectivity index (χ1v) is 9.76. The van der Waals surface area contributed by atoms with Gasteiger partial charge in [0, 0.05) is 39.8 Å². The number of hydrogen-bond donors (Lipinski definition) is 0.